The van der Waals surface area contributed by atoms with E-state index in [9.17, 15) is 4.39 Å². The van der Waals surface area contributed by atoms with Gasteiger partial charge in [-0.25, -0.2) is 9.37 Å². The van der Waals surface area contributed by atoms with Crippen molar-refractivity contribution in [1.82, 2.24) is 4.98 Å². The molecule has 1 heterocycles. The largest absolute Gasteiger partial charge is 0.375 e. The molecule has 18 heavy (non-hydrogen) atoms. The fourth-order valence-electron chi connectivity index (χ4n) is 1.60. The Labute approximate surface area is 109 Å². The Morgan fingerprint density at radius 3 is 2.89 bits per heavy atom. The number of aryl methyl sites for hydroxylation is 1. The monoisotopic (exact) mass is 261 g/mol. The van der Waals surface area contributed by atoms with Gasteiger partial charge in [0, 0.05) is 11.1 Å². The van der Waals surface area contributed by atoms with Gasteiger partial charge < -0.3 is 5.32 Å². The van der Waals surface area contributed by atoms with E-state index in [1.54, 1.807) is 17.4 Å². The first-order valence-corrected chi connectivity index (χ1v) is 6.30. The van der Waals surface area contributed by atoms with Crippen molar-refractivity contribution in [1.29, 1.82) is 5.26 Å². The van der Waals surface area contributed by atoms with Crippen LogP contribution in [-0.4, -0.2) is 4.98 Å². The van der Waals surface area contributed by atoms with Gasteiger partial charge in [0.2, 0.25) is 0 Å². The minimum absolute atomic E-state index is 0.0127. The van der Waals surface area contributed by atoms with Crippen LogP contribution >= 0.6 is 11.3 Å². The zero-order valence-corrected chi connectivity index (χ0v) is 10.9. The summed E-state index contributed by atoms with van der Waals surface area (Å²) in [5, 5.41) is 13.1. The molecule has 92 valence electrons. The molecule has 1 unspecified atom stereocenters. The molecule has 0 aliphatic rings. The molecule has 0 spiro atoms. The van der Waals surface area contributed by atoms with Gasteiger partial charge in [-0.05, 0) is 32.0 Å². The number of rotatable bonds is 3. The van der Waals surface area contributed by atoms with E-state index in [4.69, 9.17) is 5.26 Å². The Morgan fingerprint density at radius 2 is 2.28 bits per heavy atom. The summed E-state index contributed by atoms with van der Waals surface area (Å²) >= 11 is 1.60. The van der Waals surface area contributed by atoms with Crippen LogP contribution in [0.5, 0.6) is 0 Å². The zero-order chi connectivity index (χ0) is 13.1. The van der Waals surface area contributed by atoms with E-state index in [2.05, 4.69) is 10.3 Å². The lowest BCUT2D eigenvalue weighted by atomic mass is 10.1. The van der Waals surface area contributed by atoms with Gasteiger partial charge >= 0.3 is 0 Å². The lowest BCUT2D eigenvalue weighted by molar-refractivity contribution is 0.627. The van der Waals surface area contributed by atoms with Gasteiger partial charge in [0.05, 0.1) is 17.3 Å². The third-order valence-electron chi connectivity index (χ3n) is 2.48. The van der Waals surface area contributed by atoms with Gasteiger partial charge in [0.1, 0.15) is 16.9 Å². The molecule has 0 saturated carbocycles. The van der Waals surface area contributed by atoms with Crippen LogP contribution in [0, 0.1) is 24.1 Å². The molecule has 1 atom stereocenters. The number of hydrogen-bond donors (Lipinski definition) is 1. The van der Waals surface area contributed by atoms with Crippen molar-refractivity contribution < 1.29 is 4.39 Å². The lowest BCUT2D eigenvalue weighted by Crippen LogP contribution is -2.07. The van der Waals surface area contributed by atoms with E-state index in [1.165, 1.54) is 12.1 Å². The average molecular weight is 261 g/mol. The van der Waals surface area contributed by atoms with Crippen LogP contribution in [-0.2, 0) is 0 Å². The fourth-order valence-corrected chi connectivity index (χ4v) is 2.38. The smallest absolute Gasteiger partial charge is 0.124 e. The number of nitrogens with one attached hydrogen (secondary N) is 1. The number of hydrogen-bond acceptors (Lipinski definition) is 4. The molecule has 0 aliphatic carbocycles. The van der Waals surface area contributed by atoms with Crippen molar-refractivity contribution in [3.63, 3.8) is 0 Å². The van der Waals surface area contributed by atoms with E-state index in [0.29, 0.717) is 11.3 Å². The maximum absolute atomic E-state index is 13.0. The van der Waals surface area contributed by atoms with Gasteiger partial charge in [-0.3, -0.25) is 0 Å². The second-order valence-corrected chi connectivity index (χ2v) is 5.24. The number of anilines is 1. The van der Waals surface area contributed by atoms with Crippen LogP contribution < -0.4 is 5.32 Å². The van der Waals surface area contributed by atoms with E-state index in [1.807, 2.05) is 26.1 Å². The van der Waals surface area contributed by atoms with Crippen molar-refractivity contribution in [2.75, 3.05) is 5.32 Å². The molecule has 0 fully saturated rings. The third kappa shape index (κ3) is 2.66. The summed E-state index contributed by atoms with van der Waals surface area (Å²) in [7, 11) is 0. The predicted molar refractivity (Wildman–Crippen MR) is 70.0 cm³/mol. The zero-order valence-electron chi connectivity index (χ0n) is 10.1. The predicted octanol–water partition coefficient (Wildman–Crippen LogP) is 3.64. The van der Waals surface area contributed by atoms with Crippen LogP contribution in [0.2, 0.25) is 0 Å². The van der Waals surface area contributed by atoms with Crippen molar-refractivity contribution in [3.05, 3.63) is 45.7 Å². The summed E-state index contributed by atoms with van der Waals surface area (Å²) in [6, 6.07) is 6.10. The molecular weight excluding hydrogens is 249 g/mol. The number of halogens is 1. The molecule has 1 aromatic carbocycles. The van der Waals surface area contributed by atoms with Gasteiger partial charge in [-0.1, -0.05) is 0 Å². The normalized spacial score (nSPS) is 11.9. The first-order valence-electron chi connectivity index (χ1n) is 5.48. The van der Waals surface area contributed by atoms with Gasteiger partial charge in [0.15, 0.2) is 0 Å². The van der Waals surface area contributed by atoms with E-state index in [0.717, 1.165) is 9.88 Å². The molecular formula is C13H12FN3S. The maximum atomic E-state index is 13.0. The molecule has 2 rings (SSSR count). The van der Waals surface area contributed by atoms with E-state index >= 15 is 0 Å². The molecule has 0 amide bonds. The summed E-state index contributed by atoms with van der Waals surface area (Å²) in [5.74, 6) is -0.408. The fraction of sp³-hybridized carbons (Fsp3) is 0.231. The topological polar surface area (TPSA) is 48.7 Å². The van der Waals surface area contributed by atoms with E-state index < -0.39 is 5.82 Å². The molecule has 0 saturated heterocycles. The standard InChI is InChI=1S/C13H12FN3S/c1-8-7-16-13(18-8)9(2)17-12-4-3-11(14)5-10(12)6-15/h3-5,7,9,17H,1-2H3. The molecule has 0 bridgehead atoms. The second-order valence-electron chi connectivity index (χ2n) is 3.98. The highest BCUT2D eigenvalue weighted by molar-refractivity contribution is 7.11. The van der Waals surface area contributed by atoms with Crippen LogP contribution in [0.3, 0.4) is 0 Å². The SMILES string of the molecule is Cc1cnc(C(C)Nc2ccc(F)cc2C#N)s1. The van der Waals surface area contributed by atoms with Gasteiger partial charge in [-0.15, -0.1) is 11.3 Å². The van der Waals surface area contributed by atoms with Gasteiger partial charge in [0.25, 0.3) is 0 Å². The first-order chi connectivity index (χ1) is 8.60. The minimum atomic E-state index is -0.408. The summed E-state index contributed by atoms with van der Waals surface area (Å²) < 4.78 is 13.0. The Morgan fingerprint density at radius 1 is 1.50 bits per heavy atom. The van der Waals surface area contributed by atoms with Gasteiger partial charge in [-0.2, -0.15) is 5.26 Å². The summed E-state index contributed by atoms with van der Waals surface area (Å²) in [6.45, 7) is 3.95. The third-order valence-corrected chi connectivity index (χ3v) is 3.58. The van der Waals surface area contributed by atoms with Crippen molar-refractivity contribution >= 4 is 17.0 Å². The number of nitrogens with zero attached hydrogens (tertiary/aromatic N) is 2. The highest BCUT2D eigenvalue weighted by atomic mass is 32.1. The highest BCUT2D eigenvalue weighted by Gasteiger charge is 2.11. The number of thiazole rings is 1. The lowest BCUT2D eigenvalue weighted by Gasteiger charge is -2.13. The number of aromatic nitrogens is 1. The molecule has 1 aromatic heterocycles. The number of nitriles is 1. The van der Waals surface area contributed by atoms with Crippen molar-refractivity contribution in [3.8, 4) is 6.07 Å². The Balaban J connectivity index is 2.22. The molecule has 0 aliphatic heterocycles. The van der Waals surface area contributed by atoms with Crippen molar-refractivity contribution in [2.24, 2.45) is 0 Å². The van der Waals surface area contributed by atoms with Crippen LogP contribution in [0.4, 0.5) is 10.1 Å². The maximum Gasteiger partial charge on any atom is 0.124 e. The van der Waals surface area contributed by atoms with Crippen LogP contribution in [0.15, 0.2) is 24.4 Å². The van der Waals surface area contributed by atoms with Crippen LogP contribution in [0.25, 0.3) is 0 Å². The Hall–Kier alpha value is -1.93. The second kappa shape index (κ2) is 5.15. The molecule has 5 heteroatoms. The first kappa shape index (κ1) is 12.5. The molecule has 1 N–H and O–H groups in total. The Kier molecular flexibility index (Phi) is 3.58. The summed E-state index contributed by atoms with van der Waals surface area (Å²) in [6.07, 6.45) is 1.81. The summed E-state index contributed by atoms with van der Waals surface area (Å²) in [5.41, 5.74) is 0.925. The molecule has 2 aromatic rings. The number of benzene rings is 1. The molecule has 0 radical (unpaired) electrons. The quantitative estimate of drug-likeness (QED) is 0.917. The molecule has 3 nitrogen and oxygen atoms in total. The summed E-state index contributed by atoms with van der Waals surface area (Å²) in [4.78, 5) is 5.42. The average Bonchev–Trinajstić information content (AvgIpc) is 2.78. The van der Waals surface area contributed by atoms with E-state index in [-0.39, 0.29) is 6.04 Å². The Bertz CT molecular complexity index is 601. The van der Waals surface area contributed by atoms with Crippen LogP contribution in [0.1, 0.15) is 28.4 Å². The van der Waals surface area contributed by atoms with Crippen molar-refractivity contribution in [2.45, 2.75) is 19.9 Å². The highest BCUT2D eigenvalue weighted by Crippen LogP contribution is 2.25. The minimum Gasteiger partial charge on any atom is -0.375 e.